The lowest BCUT2D eigenvalue weighted by Gasteiger charge is -2.28. The summed E-state index contributed by atoms with van der Waals surface area (Å²) < 4.78 is 33.6. The zero-order chi connectivity index (χ0) is 15.6. The van der Waals surface area contributed by atoms with Crippen LogP contribution in [0.5, 0.6) is 5.75 Å². The van der Waals surface area contributed by atoms with Gasteiger partial charge in [-0.25, -0.2) is 8.42 Å². The van der Waals surface area contributed by atoms with Gasteiger partial charge in [-0.05, 0) is 18.2 Å². The zero-order valence-electron chi connectivity index (χ0n) is 11.7. The first-order chi connectivity index (χ1) is 9.89. The lowest BCUT2D eigenvalue weighted by Crippen LogP contribution is -2.42. The molecule has 1 aromatic carbocycles. The number of hydrogen-bond acceptors (Lipinski definition) is 6. The summed E-state index contributed by atoms with van der Waals surface area (Å²) in [4.78, 5) is 24.5. The van der Waals surface area contributed by atoms with Gasteiger partial charge < -0.3 is 9.47 Å². The number of esters is 1. The van der Waals surface area contributed by atoms with E-state index in [1.54, 1.807) is 0 Å². The van der Waals surface area contributed by atoms with Gasteiger partial charge in [-0.2, -0.15) is 0 Å². The average molecular weight is 313 g/mol. The van der Waals surface area contributed by atoms with Crippen LogP contribution in [0.25, 0.3) is 0 Å². The second-order valence-electron chi connectivity index (χ2n) is 4.38. The fourth-order valence-electron chi connectivity index (χ4n) is 1.91. The number of methoxy groups -OCH3 is 1. The van der Waals surface area contributed by atoms with Crippen molar-refractivity contribution in [2.24, 2.45) is 0 Å². The van der Waals surface area contributed by atoms with Gasteiger partial charge in [0, 0.05) is 0 Å². The highest BCUT2D eigenvalue weighted by atomic mass is 32.2. The smallest absolute Gasteiger partial charge is 0.325 e. The van der Waals surface area contributed by atoms with E-state index in [9.17, 15) is 18.0 Å². The lowest BCUT2D eigenvalue weighted by atomic mass is 10.2. The van der Waals surface area contributed by atoms with Crippen LogP contribution >= 0.6 is 0 Å². The maximum absolute atomic E-state index is 11.9. The Kier molecular flexibility index (Phi) is 4.17. The van der Waals surface area contributed by atoms with Gasteiger partial charge in [0.1, 0.15) is 12.3 Å². The minimum absolute atomic E-state index is 0.0579. The van der Waals surface area contributed by atoms with E-state index >= 15 is 0 Å². The number of amides is 1. The number of nitrogens with zero attached hydrogens (tertiary/aromatic N) is 1. The van der Waals surface area contributed by atoms with Crippen LogP contribution in [-0.2, 0) is 24.2 Å². The van der Waals surface area contributed by atoms with Gasteiger partial charge in [0.05, 0.1) is 23.4 Å². The van der Waals surface area contributed by atoms with Gasteiger partial charge in [0.15, 0.2) is 16.4 Å². The predicted molar refractivity (Wildman–Crippen MR) is 74.0 cm³/mol. The summed E-state index contributed by atoms with van der Waals surface area (Å²) in [5, 5.41) is 0. The number of anilines is 1. The zero-order valence-corrected chi connectivity index (χ0v) is 12.5. The van der Waals surface area contributed by atoms with Crippen LogP contribution in [0.3, 0.4) is 0 Å². The molecule has 2 rings (SSSR count). The summed E-state index contributed by atoms with van der Waals surface area (Å²) in [7, 11) is -2.20. The maximum Gasteiger partial charge on any atom is 0.325 e. The molecule has 0 saturated heterocycles. The predicted octanol–water partition coefficient (Wildman–Crippen LogP) is 0.379. The Morgan fingerprint density at radius 2 is 2.14 bits per heavy atom. The molecule has 1 amide bonds. The van der Waals surface area contributed by atoms with E-state index in [0.29, 0.717) is 5.75 Å². The van der Waals surface area contributed by atoms with Gasteiger partial charge in [-0.3, -0.25) is 14.5 Å². The molecule has 0 aromatic heterocycles. The highest BCUT2D eigenvalue weighted by Crippen LogP contribution is 2.34. The fourth-order valence-corrected chi connectivity index (χ4v) is 2.81. The first-order valence-electron chi connectivity index (χ1n) is 6.26. The molecule has 0 unspecified atom stereocenters. The van der Waals surface area contributed by atoms with Crippen molar-refractivity contribution in [3.63, 3.8) is 0 Å². The number of fused-ring (bicyclic) bond motifs is 1. The van der Waals surface area contributed by atoms with Crippen molar-refractivity contribution < 1.29 is 27.5 Å². The molecule has 8 heteroatoms. The number of ether oxygens (including phenoxy) is 2. The Bertz CT molecular complexity index is 682. The third-order valence-corrected chi connectivity index (χ3v) is 4.86. The van der Waals surface area contributed by atoms with Crippen molar-refractivity contribution in [3.8, 4) is 5.75 Å². The van der Waals surface area contributed by atoms with Crippen molar-refractivity contribution >= 4 is 27.4 Å². The quantitative estimate of drug-likeness (QED) is 0.746. The maximum atomic E-state index is 11.9. The van der Waals surface area contributed by atoms with Crippen LogP contribution < -0.4 is 9.64 Å². The number of rotatable bonds is 4. The highest BCUT2D eigenvalue weighted by Gasteiger charge is 2.29. The topological polar surface area (TPSA) is 90.0 Å². The number of hydrogen-bond donors (Lipinski definition) is 0. The number of benzene rings is 1. The second kappa shape index (κ2) is 5.72. The third-order valence-electron chi connectivity index (χ3n) is 3.13. The molecule has 0 bridgehead atoms. The fraction of sp³-hybridized carbons (Fsp3) is 0.385. The molecule has 0 aliphatic carbocycles. The Balaban J connectivity index is 2.47. The molecule has 0 radical (unpaired) electrons. The number of carbonyl (C=O) groups is 2. The molecule has 1 aromatic rings. The van der Waals surface area contributed by atoms with Crippen molar-refractivity contribution in [2.45, 2.75) is 11.8 Å². The normalized spacial score (nSPS) is 14.4. The van der Waals surface area contributed by atoms with Crippen molar-refractivity contribution in [2.75, 3.05) is 30.9 Å². The Morgan fingerprint density at radius 3 is 2.76 bits per heavy atom. The van der Waals surface area contributed by atoms with Crippen LogP contribution in [0.2, 0.25) is 0 Å². The van der Waals surface area contributed by atoms with E-state index in [1.165, 1.54) is 37.1 Å². The van der Waals surface area contributed by atoms with Crippen LogP contribution in [0.4, 0.5) is 5.69 Å². The molecule has 114 valence electrons. The molecular formula is C13H15NO6S. The Labute approximate surface area is 122 Å². The average Bonchev–Trinajstić information content (AvgIpc) is 2.49. The van der Waals surface area contributed by atoms with E-state index in [0.717, 1.165) is 0 Å². The second-order valence-corrected chi connectivity index (χ2v) is 6.66. The number of carbonyl (C=O) groups excluding carboxylic acids is 2. The lowest BCUT2D eigenvalue weighted by molar-refractivity contribution is -0.140. The van der Waals surface area contributed by atoms with Gasteiger partial charge >= 0.3 is 5.97 Å². The first kappa shape index (κ1) is 15.3. The van der Waals surface area contributed by atoms with Crippen LogP contribution in [0.1, 0.15) is 6.92 Å². The highest BCUT2D eigenvalue weighted by molar-refractivity contribution is 7.91. The van der Waals surface area contributed by atoms with Gasteiger partial charge in [0.25, 0.3) is 5.91 Å². The molecule has 1 aliphatic rings. The van der Waals surface area contributed by atoms with Crippen LogP contribution in [0, 0.1) is 0 Å². The van der Waals surface area contributed by atoms with E-state index < -0.39 is 21.7 Å². The van der Waals surface area contributed by atoms with Crippen LogP contribution in [0.15, 0.2) is 23.1 Å². The largest absolute Gasteiger partial charge is 0.482 e. The molecule has 1 heterocycles. The minimum Gasteiger partial charge on any atom is -0.482 e. The van der Waals surface area contributed by atoms with E-state index in [1.807, 2.05) is 0 Å². The molecule has 0 spiro atoms. The van der Waals surface area contributed by atoms with E-state index in [-0.39, 0.29) is 29.5 Å². The van der Waals surface area contributed by atoms with Crippen LogP contribution in [-0.4, -0.2) is 46.3 Å². The summed E-state index contributed by atoms with van der Waals surface area (Å²) in [6.45, 7) is 1.04. The summed E-state index contributed by atoms with van der Waals surface area (Å²) in [5.74, 6) is -0.732. The standard InChI is InChI=1S/C13H15NO6S/c1-3-21(17,18)9-4-5-11-10(6-9)14(7-13(16)19-2)12(15)8-20-11/h4-6H,3,7-8H2,1-2H3. The third kappa shape index (κ3) is 2.99. The molecule has 0 saturated carbocycles. The molecule has 21 heavy (non-hydrogen) atoms. The molecule has 1 aliphatic heterocycles. The number of sulfone groups is 1. The van der Waals surface area contributed by atoms with Gasteiger partial charge in [-0.15, -0.1) is 0 Å². The SMILES string of the molecule is CCS(=O)(=O)c1ccc2c(c1)N(CC(=O)OC)C(=O)CO2. The van der Waals surface area contributed by atoms with Crippen molar-refractivity contribution in [1.29, 1.82) is 0 Å². The van der Waals surface area contributed by atoms with Gasteiger partial charge in [0.2, 0.25) is 0 Å². The summed E-state index contributed by atoms with van der Waals surface area (Å²) in [6.07, 6.45) is 0. The molecular weight excluding hydrogens is 298 g/mol. The molecule has 0 atom stereocenters. The Hall–Kier alpha value is -2.09. The molecule has 0 N–H and O–H groups in total. The summed E-state index contributed by atoms with van der Waals surface area (Å²) in [6, 6.07) is 4.24. The minimum atomic E-state index is -3.42. The van der Waals surface area contributed by atoms with E-state index in [4.69, 9.17) is 4.74 Å². The first-order valence-corrected chi connectivity index (χ1v) is 7.91. The van der Waals surface area contributed by atoms with Crippen molar-refractivity contribution in [3.05, 3.63) is 18.2 Å². The van der Waals surface area contributed by atoms with E-state index in [2.05, 4.69) is 4.74 Å². The molecule has 0 fully saturated rings. The summed E-state index contributed by atoms with van der Waals surface area (Å²) in [5.41, 5.74) is 0.256. The summed E-state index contributed by atoms with van der Waals surface area (Å²) >= 11 is 0. The monoisotopic (exact) mass is 313 g/mol. The molecule has 7 nitrogen and oxygen atoms in total. The Morgan fingerprint density at radius 1 is 1.43 bits per heavy atom. The van der Waals surface area contributed by atoms with Crippen molar-refractivity contribution in [1.82, 2.24) is 0 Å². The van der Waals surface area contributed by atoms with Gasteiger partial charge in [-0.1, -0.05) is 6.92 Å².